The summed E-state index contributed by atoms with van der Waals surface area (Å²) in [5, 5.41) is 0. The molecule has 0 bridgehead atoms. The molecule has 0 unspecified atom stereocenters. The average molecular weight is 521 g/mol. The van der Waals surface area contributed by atoms with Crippen molar-refractivity contribution in [1.82, 2.24) is 0 Å². The molecule has 0 aromatic rings. The van der Waals surface area contributed by atoms with Gasteiger partial charge in [0.25, 0.3) is 0 Å². The van der Waals surface area contributed by atoms with Crippen LogP contribution in [0.15, 0.2) is 0 Å². The highest BCUT2D eigenvalue weighted by Gasteiger charge is 2.60. The highest BCUT2D eigenvalue weighted by molar-refractivity contribution is 6.95. The van der Waals surface area contributed by atoms with Crippen molar-refractivity contribution < 1.29 is 16.5 Å². The smallest absolute Gasteiger partial charge is 0.320 e. The van der Waals surface area contributed by atoms with Crippen LogP contribution in [0, 0.1) is 0 Å². The summed E-state index contributed by atoms with van der Waals surface area (Å²) in [6.45, 7) is 18.4. The number of hydrogen-bond acceptors (Lipinski definition) is 4. The first-order valence-corrected chi connectivity index (χ1v) is 23.0. The molecule has 32 heavy (non-hydrogen) atoms. The fourth-order valence-corrected chi connectivity index (χ4v) is 32.4. The van der Waals surface area contributed by atoms with E-state index in [0.717, 1.165) is 99.7 Å². The maximum atomic E-state index is 7.55. The van der Waals surface area contributed by atoms with E-state index in [2.05, 4.69) is 55.4 Å². The van der Waals surface area contributed by atoms with Crippen molar-refractivity contribution in [2.45, 2.75) is 155 Å². The fourth-order valence-electron chi connectivity index (χ4n) is 5.80. The van der Waals surface area contributed by atoms with Crippen LogP contribution in [-0.2, 0) is 16.5 Å². The van der Waals surface area contributed by atoms with Gasteiger partial charge in [-0.1, -0.05) is 107 Å². The van der Waals surface area contributed by atoms with Crippen molar-refractivity contribution in [3.8, 4) is 0 Å². The Morgan fingerprint density at radius 2 is 0.406 bits per heavy atom. The van der Waals surface area contributed by atoms with Gasteiger partial charge < -0.3 is 16.5 Å². The van der Waals surface area contributed by atoms with Crippen molar-refractivity contribution in [1.29, 1.82) is 0 Å². The monoisotopic (exact) mass is 520 g/mol. The molecule has 0 radical (unpaired) electrons. The van der Waals surface area contributed by atoms with Crippen LogP contribution in [0.3, 0.4) is 0 Å². The predicted octanol–water partition coefficient (Wildman–Crippen LogP) is 9.12. The first kappa shape index (κ1) is 30.7. The molecule has 1 aliphatic heterocycles. The minimum absolute atomic E-state index is 1.09. The third-order valence-corrected chi connectivity index (χ3v) is 28.5. The summed E-state index contributed by atoms with van der Waals surface area (Å²) in [6, 6.07) is 8.73. The zero-order chi connectivity index (χ0) is 24.1. The van der Waals surface area contributed by atoms with Crippen molar-refractivity contribution in [2.75, 3.05) is 0 Å². The Morgan fingerprint density at radius 3 is 0.500 bits per heavy atom. The summed E-state index contributed by atoms with van der Waals surface area (Å²) in [4.78, 5) is 0. The van der Waals surface area contributed by atoms with Gasteiger partial charge >= 0.3 is 34.2 Å². The lowest BCUT2D eigenvalue weighted by atomic mass is 10.6. The quantitative estimate of drug-likeness (QED) is 0.190. The van der Waals surface area contributed by atoms with E-state index in [1.54, 1.807) is 0 Å². The van der Waals surface area contributed by atoms with E-state index in [0.29, 0.717) is 0 Å². The molecule has 4 nitrogen and oxygen atoms in total. The average Bonchev–Trinajstić information content (AvgIpc) is 2.68. The molecule has 192 valence electrons. The van der Waals surface area contributed by atoms with E-state index in [9.17, 15) is 0 Å². The van der Waals surface area contributed by atoms with Gasteiger partial charge in [0.2, 0.25) is 0 Å². The van der Waals surface area contributed by atoms with Gasteiger partial charge in [-0.3, -0.25) is 0 Å². The Balaban J connectivity index is 3.73. The molecule has 8 heteroatoms. The summed E-state index contributed by atoms with van der Waals surface area (Å²) in [7, 11) is -9.59. The van der Waals surface area contributed by atoms with Crippen LogP contribution in [0.2, 0.25) is 48.4 Å². The van der Waals surface area contributed by atoms with E-state index in [1.165, 1.54) is 0 Å². The Morgan fingerprint density at radius 1 is 0.281 bits per heavy atom. The lowest BCUT2D eigenvalue weighted by molar-refractivity contribution is 0.205. The van der Waals surface area contributed by atoms with E-state index in [4.69, 9.17) is 16.5 Å². The minimum Gasteiger partial charge on any atom is -0.415 e. The third kappa shape index (κ3) is 8.43. The van der Waals surface area contributed by atoms with E-state index < -0.39 is 34.2 Å². The maximum absolute atomic E-state index is 7.55. The molecular weight excluding hydrogens is 465 g/mol. The van der Waals surface area contributed by atoms with Crippen molar-refractivity contribution in [3.63, 3.8) is 0 Å². The summed E-state index contributed by atoms with van der Waals surface area (Å²) < 4.78 is 30.2. The highest BCUT2D eigenvalue weighted by Crippen LogP contribution is 2.44. The molecule has 0 saturated carbocycles. The van der Waals surface area contributed by atoms with Crippen LogP contribution in [-0.4, -0.2) is 34.2 Å². The van der Waals surface area contributed by atoms with Crippen LogP contribution in [0.4, 0.5) is 0 Å². The zero-order valence-electron chi connectivity index (χ0n) is 22.9. The summed E-state index contributed by atoms with van der Waals surface area (Å²) >= 11 is 0. The van der Waals surface area contributed by atoms with Gasteiger partial charge in [-0.15, -0.1) is 0 Å². The summed E-state index contributed by atoms with van der Waals surface area (Å²) in [5.41, 5.74) is 0. The van der Waals surface area contributed by atoms with Gasteiger partial charge in [0.05, 0.1) is 0 Å². The van der Waals surface area contributed by atoms with Crippen molar-refractivity contribution in [3.05, 3.63) is 0 Å². The normalized spacial score (nSPS) is 21.8. The second-order valence-electron chi connectivity index (χ2n) is 10.1. The molecule has 0 aromatic carbocycles. The second-order valence-corrected chi connectivity index (χ2v) is 24.6. The number of rotatable bonds is 16. The van der Waals surface area contributed by atoms with Gasteiger partial charge in [-0.2, -0.15) is 0 Å². The topological polar surface area (TPSA) is 36.9 Å². The summed E-state index contributed by atoms with van der Waals surface area (Å²) in [5.74, 6) is 0. The van der Waals surface area contributed by atoms with Crippen LogP contribution in [0.1, 0.15) is 107 Å². The molecule has 0 N–H and O–H groups in total. The third-order valence-electron chi connectivity index (χ3n) is 6.54. The lowest BCUT2D eigenvalue weighted by Gasteiger charge is -2.54. The largest absolute Gasteiger partial charge is 0.415 e. The fraction of sp³-hybridized carbons (Fsp3) is 1.00. The molecular formula is C24H56O4Si4. The molecule has 1 heterocycles. The van der Waals surface area contributed by atoms with Gasteiger partial charge in [-0.25, -0.2) is 0 Å². The Labute approximate surface area is 205 Å². The molecule has 0 atom stereocenters. The molecule has 0 aromatic heterocycles. The molecule has 0 amide bonds. The van der Waals surface area contributed by atoms with Gasteiger partial charge in [0, 0.05) is 0 Å². The van der Waals surface area contributed by atoms with Gasteiger partial charge in [-0.05, 0) is 48.4 Å². The van der Waals surface area contributed by atoms with Crippen LogP contribution >= 0.6 is 0 Å². The highest BCUT2D eigenvalue weighted by atomic mass is 28.5. The van der Waals surface area contributed by atoms with Crippen molar-refractivity contribution >= 4 is 34.2 Å². The molecule has 0 spiro atoms. The second kappa shape index (κ2) is 15.0. The van der Waals surface area contributed by atoms with Gasteiger partial charge in [0.15, 0.2) is 0 Å². The van der Waals surface area contributed by atoms with E-state index in [1.807, 2.05) is 0 Å². The maximum Gasteiger partial charge on any atom is 0.320 e. The van der Waals surface area contributed by atoms with E-state index in [-0.39, 0.29) is 0 Å². The standard InChI is InChI=1S/C24H56O4Si4/c1-9-17-29(18-10-2)25-30(19-11-3,20-12-4)27-32(23-15-7,24-16-8)28-31(26-29,21-13-5)22-14-6/h9-24H2,1-8H3. The zero-order valence-corrected chi connectivity index (χ0v) is 26.9. The van der Waals surface area contributed by atoms with Crippen LogP contribution in [0.25, 0.3) is 0 Å². The van der Waals surface area contributed by atoms with Crippen LogP contribution < -0.4 is 0 Å². The van der Waals surface area contributed by atoms with E-state index >= 15 is 0 Å². The first-order chi connectivity index (χ1) is 15.3. The Kier molecular flexibility index (Phi) is 14.4. The molecule has 1 aliphatic rings. The number of hydrogen-bond donors (Lipinski definition) is 0. The Hall–Kier alpha value is 0.708. The molecule has 0 aliphatic carbocycles. The molecule has 1 rings (SSSR count). The summed E-state index contributed by atoms with van der Waals surface area (Å²) in [6.07, 6.45) is 9.03. The lowest BCUT2D eigenvalue weighted by Crippen LogP contribution is -2.70. The Bertz CT molecular complexity index is 378. The minimum atomic E-state index is -2.40. The van der Waals surface area contributed by atoms with Gasteiger partial charge in [0.1, 0.15) is 0 Å². The molecule has 1 fully saturated rings. The molecule has 1 saturated heterocycles. The van der Waals surface area contributed by atoms with Crippen LogP contribution in [0.5, 0.6) is 0 Å². The predicted molar refractivity (Wildman–Crippen MR) is 148 cm³/mol. The van der Waals surface area contributed by atoms with Crippen molar-refractivity contribution in [2.24, 2.45) is 0 Å². The SMILES string of the molecule is CCC[Si]1(CCC)O[Si](CCC)(CCC)O[Si](CCC)(CCC)O[Si](CCC)(CCC)O1. The first-order valence-electron chi connectivity index (χ1n) is 14.1.